The van der Waals surface area contributed by atoms with Crippen LogP contribution in [-0.4, -0.2) is 36.4 Å². The van der Waals surface area contributed by atoms with E-state index in [9.17, 15) is 14.7 Å². The monoisotopic (exact) mass is 659 g/mol. The van der Waals surface area contributed by atoms with Crippen molar-refractivity contribution in [3.8, 4) is 5.75 Å². The number of hydrogen-bond donors (Lipinski definition) is 1. The number of aliphatic hydroxyl groups is 1. The molecular formula is C36H29N5O4S2. The molecule has 0 aliphatic carbocycles. The third-order valence-electron chi connectivity index (χ3n) is 7.88. The molecule has 1 N–H and O–H groups in total. The molecule has 3 aromatic carbocycles. The molecule has 1 amide bonds. The van der Waals surface area contributed by atoms with E-state index in [0.29, 0.717) is 45.0 Å². The number of imidazole rings is 1. The second-order valence-corrected chi connectivity index (χ2v) is 13.3. The first-order valence-corrected chi connectivity index (χ1v) is 16.7. The summed E-state index contributed by atoms with van der Waals surface area (Å²) in [6, 6.07) is 29.7. The average molecular weight is 660 g/mol. The number of hydrogen-bond acceptors (Lipinski definition) is 9. The molecule has 11 heteroatoms. The van der Waals surface area contributed by atoms with E-state index in [4.69, 9.17) is 4.74 Å². The van der Waals surface area contributed by atoms with Crippen molar-refractivity contribution in [2.75, 3.05) is 4.90 Å². The number of aliphatic hydroxyl groups excluding tert-OH is 1. The van der Waals surface area contributed by atoms with Crippen molar-refractivity contribution >= 4 is 51.3 Å². The number of ether oxygens (including phenoxy) is 1. The predicted molar refractivity (Wildman–Crippen MR) is 183 cm³/mol. The molecule has 9 nitrogen and oxygen atoms in total. The van der Waals surface area contributed by atoms with E-state index in [0.717, 1.165) is 11.1 Å². The van der Waals surface area contributed by atoms with Gasteiger partial charge in [-0.25, -0.2) is 4.98 Å². The molecule has 47 heavy (non-hydrogen) atoms. The minimum absolute atomic E-state index is 0.0620. The van der Waals surface area contributed by atoms with Gasteiger partial charge in [0.15, 0.2) is 10.1 Å². The van der Waals surface area contributed by atoms with E-state index >= 15 is 0 Å². The molecule has 234 valence electrons. The number of aromatic nitrogens is 4. The Kier molecular flexibility index (Phi) is 8.32. The quantitative estimate of drug-likeness (QED) is 0.0566. The fraction of sp³-hybridized carbons (Fsp3) is 0.139. The largest absolute Gasteiger partial charge is 0.505 e. The first-order chi connectivity index (χ1) is 22.9. The molecule has 1 saturated heterocycles. The number of benzene rings is 3. The van der Waals surface area contributed by atoms with Gasteiger partial charge in [0.1, 0.15) is 23.7 Å². The van der Waals surface area contributed by atoms with E-state index < -0.39 is 17.7 Å². The molecule has 1 aliphatic rings. The van der Waals surface area contributed by atoms with E-state index in [-0.39, 0.29) is 16.5 Å². The predicted octanol–water partition coefficient (Wildman–Crippen LogP) is 7.30. The van der Waals surface area contributed by atoms with Crippen LogP contribution in [0.5, 0.6) is 5.75 Å². The number of rotatable bonds is 9. The molecular weight excluding hydrogens is 631 g/mol. The van der Waals surface area contributed by atoms with Crippen LogP contribution in [0.15, 0.2) is 113 Å². The Morgan fingerprint density at radius 2 is 1.70 bits per heavy atom. The lowest BCUT2D eigenvalue weighted by Crippen LogP contribution is -2.29. The minimum Gasteiger partial charge on any atom is -0.505 e. The van der Waals surface area contributed by atoms with Crippen molar-refractivity contribution in [2.45, 2.75) is 36.6 Å². The highest BCUT2D eigenvalue weighted by Gasteiger charge is 2.49. The van der Waals surface area contributed by atoms with Gasteiger partial charge in [0.25, 0.3) is 5.78 Å². The van der Waals surface area contributed by atoms with Crippen LogP contribution >= 0.6 is 23.1 Å². The number of anilines is 1. The number of aryl methyl sites for hydroxylation is 2. The Morgan fingerprint density at radius 1 is 0.915 bits per heavy atom. The van der Waals surface area contributed by atoms with Gasteiger partial charge in [-0.05, 0) is 54.8 Å². The highest BCUT2D eigenvalue weighted by atomic mass is 32.2. The topological polar surface area (TPSA) is 110 Å². The molecule has 0 bridgehead atoms. The summed E-state index contributed by atoms with van der Waals surface area (Å²) >= 11 is 2.73. The van der Waals surface area contributed by atoms with E-state index in [1.165, 1.54) is 33.6 Å². The Morgan fingerprint density at radius 3 is 2.51 bits per heavy atom. The van der Waals surface area contributed by atoms with Crippen molar-refractivity contribution in [3.05, 3.63) is 142 Å². The summed E-state index contributed by atoms with van der Waals surface area (Å²) in [5.74, 6) is -0.719. The van der Waals surface area contributed by atoms with Crippen molar-refractivity contribution in [1.29, 1.82) is 0 Å². The van der Waals surface area contributed by atoms with Crippen LogP contribution < -0.4 is 9.64 Å². The Hall–Kier alpha value is -5.26. The Bertz CT molecular complexity index is 2140. The number of Topliss-reactive ketones (excluding diaryl/α,β-unsaturated/α-hetero) is 1. The highest BCUT2D eigenvalue weighted by Crippen LogP contribution is 2.45. The Labute approximate surface area is 279 Å². The summed E-state index contributed by atoms with van der Waals surface area (Å²) in [4.78, 5) is 33.6. The van der Waals surface area contributed by atoms with Crippen LogP contribution in [0.4, 0.5) is 5.13 Å². The molecule has 3 aromatic heterocycles. The summed E-state index contributed by atoms with van der Waals surface area (Å²) in [6.07, 6.45) is 1.76. The second-order valence-electron chi connectivity index (χ2n) is 11.1. The molecule has 1 unspecified atom stereocenters. The van der Waals surface area contributed by atoms with Crippen LogP contribution in [0.3, 0.4) is 0 Å². The first kappa shape index (κ1) is 30.4. The molecule has 0 spiro atoms. The summed E-state index contributed by atoms with van der Waals surface area (Å²) in [5.41, 5.74) is 5.29. The van der Waals surface area contributed by atoms with Gasteiger partial charge in [0, 0.05) is 11.9 Å². The van der Waals surface area contributed by atoms with Gasteiger partial charge in [-0.15, -0.1) is 10.2 Å². The standard InChI is InChI=1S/C36H29N5O4S2/c1-22-14-16-25(17-15-22)21-46-36-39-38-35(47-36)41-31(26-11-8-12-27(19-26)45-20-24-9-4-3-5-10-24)29(33(43)34(41)44)32(42)30-23(2)37-28-13-6-7-18-40(28)30/h3-19,31,42H,20-21H2,1-2H3/b32-29+. The maximum absolute atomic E-state index is 13.9. The molecule has 7 rings (SSSR count). The van der Waals surface area contributed by atoms with Gasteiger partial charge in [-0.1, -0.05) is 101 Å². The van der Waals surface area contributed by atoms with Crippen LogP contribution in [0.1, 0.15) is 39.7 Å². The molecule has 1 atom stereocenters. The number of carbonyl (C=O) groups is 2. The average Bonchev–Trinajstić information content (AvgIpc) is 3.77. The van der Waals surface area contributed by atoms with Crippen molar-refractivity contribution in [2.24, 2.45) is 0 Å². The number of thioether (sulfide) groups is 1. The zero-order valence-corrected chi connectivity index (χ0v) is 27.2. The number of pyridine rings is 1. The van der Waals surface area contributed by atoms with Crippen LogP contribution in [0.2, 0.25) is 0 Å². The maximum atomic E-state index is 13.9. The number of nitrogens with zero attached hydrogens (tertiary/aromatic N) is 5. The fourth-order valence-corrected chi connectivity index (χ4v) is 7.40. The second kappa shape index (κ2) is 12.9. The van der Waals surface area contributed by atoms with Crippen LogP contribution in [0, 0.1) is 13.8 Å². The smallest absolute Gasteiger partial charge is 0.301 e. The van der Waals surface area contributed by atoms with Gasteiger partial charge in [-0.2, -0.15) is 0 Å². The minimum atomic E-state index is -0.994. The summed E-state index contributed by atoms with van der Waals surface area (Å²) < 4.78 is 8.47. The van der Waals surface area contributed by atoms with Crippen LogP contribution in [0.25, 0.3) is 11.4 Å². The number of ketones is 1. The zero-order valence-electron chi connectivity index (χ0n) is 25.5. The number of fused-ring (bicyclic) bond motifs is 1. The van der Waals surface area contributed by atoms with Crippen molar-refractivity contribution < 1.29 is 19.4 Å². The van der Waals surface area contributed by atoms with E-state index in [1.807, 2.05) is 67.6 Å². The number of carbonyl (C=O) groups excluding carboxylic acids is 2. The SMILES string of the molecule is Cc1ccc(CSc2nnc(N3C(=O)C(=O)/C(=C(/O)c4c(C)nc5ccccn45)C3c3cccc(OCc4ccccc4)c3)s2)cc1. The van der Waals surface area contributed by atoms with Crippen molar-refractivity contribution in [3.63, 3.8) is 0 Å². The van der Waals surface area contributed by atoms with E-state index in [1.54, 1.807) is 29.7 Å². The normalized spacial score (nSPS) is 15.9. The highest BCUT2D eigenvalue weighted by molar-refractivity contribution is 8.00. The molecule has 0 saturated carbocycles. The molecule has 0 radical (unpaired) electrons. The van der Waals surface area contributed by atoms with E-state index in [2.05, 4.69) is 39.4 Å². The molecule has 6 aromatic rings. The lowest BCUT2D eigenvalue weighted by atomic mass is 9.96. The summed E-state index contributed by atoms with van der Waals surface area (Å²) in [6.45, 7) is 4.14. The number of amides is 1. The fourth-order valence-electron chi connectivity index (χ4n) is 5.57. The zero-order chi connectivity index (χ0) is 32.5. The van der Waals surface area contributed by atoms with Gasteiger partial charge in [-0.3, -0.25) is 18.9 Å². The first-order valence-electron chi connectivity index (χ1n) is 14.9. The molecule has 1 fully saturated rings. The van der Waals surface area contributed by atoms with Gasteiger partial charge in [0.2, 0.25) is 5.13 Å². The Balaban J connectivity index is 1.29. The third-order valence-corrected chi connectivity index (χ3v) is 10.0. The van der Waals surface area contributed by atoms with Crippen LogP contribution in [-0.2, 0) is 21.9 Å². The lowest BCUT2D eigenvalue weighted by molar-refractivity contribution is -0.132. The maximum Gasteiger partial charge on any atom is 0.301 e. The van der Waals surface area contributed by atoms with Gasteiger partial charge < -0.3 is 9.84 Å². The van der Waals surface area contributed by atoms with Gasteiger partial charge in [0.05, 0.1) is 17.3 Å². The summed E-state index contributed by atoms with van der Waals surface area (Å²) in [5, 5.41) is 20.8. The lowest BCUT2D eigenvalue weighted by Gasteiger charge is -2.23. The van der Waals surface area contributed by atoms with Gasteiger partial charge >= 0.3 is 5.91 Å². The van der Waals surface area contributed by atoms with Crippen molar-refractivity contribution in [1.82, 2.24) is 19.6 Å². The molecule has 4 heterocycles. The molecule has 1 aliphatic heterocycles. The third kappa shape index (κ3) is 6.02. The summed E-state index contributed by atoms with van der Waals surface area (Å²) in [7, 11) is 0.